The molecular weight excluding hydrogens is 206 g/mol. The lowest BCUT2D eigenvalue weighted by atomic mass is 10.3. The van der Waals surface area contributed by atoms with Crippen LogP contribution in [0.5, 0.6) is 0 Å². The Kier molecular flexibility index (Phi) is 4.65. The van der Waals surface area contributed by atoms with Gasteiger partial charge in [0.25, 0.3) is 5.91 Å². The maximum Gasteiger partial charge on any atom is 0.273 e. The van der Waals surface area contributed by atoms with Gasteiger partial charge in [-0.25, -0.2) is 0 Å². The van der Waals surface area contributed by atoms with Crippen molar-refractivity contribution >= 4 is 5.91 Å². The van der Waals surface area contributed by atoms with Crippen LogP contribution in [0.2, 0.25) is 0 Å². The summed E-state index contributed by atoms with van der Waals surface area (Å²) in [5, 5.41) is 10.3. The number of amides is 1. The second-order valence-electron chi connectivity index (χ2n) is 3.65. The number of nitrogens with zero attached hydrogens (tertiary/aromatic N) is 3. The number of aromatic nitrogens is 3. The fraction of sp³-hybridized carbons (Fsp3) is 0.500. The predicted octanol–water partition coefficient (Wildman–Crippen LogP) is -0.0672. The van der Waals surface area contributed by atoms with Crippen LogP contribution < -0.4 is 11.1 Å². The molecule has 0 aromatic carbocycles. The van der Waals surface area contributed by atoms with Crippen molar-refractivity contribution in [3.8, 4) is 0 Å². The summed E-state index contributed by atoms with van der Waals surface area (Å²) in [6.07, 6.45) is 3.52. The van der Waals surface area contributed by atoms with Crippen LogP contribution in [0.25, 0.3) is 0 Å². The van der Waals surface area contributed by atoms with E-state index in [-0.39, 0.29) is 5.91 Å². The largest absolute Gasteiger partial charge is 0.347 e. The monoisotopic (exact) mass is 223 g/mol. The zero-order valence-electron chi connectivity index (χ0n) is 9.60. The highest BCUT2D eigenvalue weighted by Crippen LogP contribution is 1.93. The van der Waals surface area contributed by atoms with Crippen molar-refractivity contribution in [2.24, 2.45) is 5.73 Å². The van der Waals surface area contributed by atoms with Crippen molar-refractivity contribution in [1.82, 2.24) is 20.3 Å². The molecule has 3 N–H and O–H groups in total. The van der Waals surface area contributed by atoms with Crippen LogP contribution in [0.15, 0.2) is 17.8 Å². The maximum absolute atomic E-state index is 11.6. The Morgan fingerprint density at radius 1 is 1.62 bits per heavy atom. The molecule has 0 spiro atoms. The van der Waals surface area contributed by atoms with Crippen LogP contribution in [0, 0.1) is 0 Å². The lowest BCUT2D eigenvalue weighted by Crippen LogP contribution is -2.23. The minimum Gasteiger partial charge on any atom is -0.347 e. The lowest BCUT2D eigenvalue weighted by Gasteiger charge is -1.98. The van der Waals surface area contributed by atoms with Gasteiger partial charge in [-0.1, -0.05) is 16.9 Å². The first kappa shape index (κ1) is 12.4. The number of nitrogens with two attached hydrogens (primary N) is 1. The summed E-state index contributed by atoms with van der Waals surface area (Å²) in [7, 11) is 0. The molecule has 0 saturated carbocycles. The molecule has 0 unspecified atom stereocenters. The highest BCUT2D eigenvalue weighted by Gasteiger charge is 2.08. The molecule has 0 saturated heterocycles. The van der Waals surface area contributed by atoms with Crippen molar-refractivity contribution in [2.45, 2.75) is 20.4 Å². The average Bonchev–Trinajstić information content (AvgIpc) is 2.66. The van der Waals surface area contributed by atoms with Gasteiger partial charge in [-0.3, -0.25) is 9.48 Å². The van der Waals surface area contributed by atoms with Crippen LogP contribution in [-0.4, -0.2) is 34.0 Å². The van der Waals surface area contributed by atoms with E-state index in [1.165, 1.54) is 0 Å². The molecule has 1 heterocycles. The molecule has 0 aliphatic heterocycles. The van der Waals surface area contributed by atoms with Gasteiger partial charge in [0.1, 0.15) is 0 Å². The van der Waals surface area contributed by atoms with Crippen molar-refractivity contribution in [3.05, 3.63) is 23.5 Å². The third-order valence-electron chi connectivity index (χ3n) is 1.90. The minimum absolute atomic E-state index is 0.222. The number of carbonyl (C=O) groups is 1. The summed E-state index contributed by atoms with van der Waals surface area (Å²) in [6, 6.07) is 0. The van der Waals surface area contributed by atoms with Crippen molar-refractivity contribution < 1.29 is 4.79 Å². The van der Waals surface area contributed by atoms with Crippen LogP contribution in [0.1, 0.15) is 24.3 Å². The van der Waals surface area contributed by atoms with Gasteiger partial charge in [-0.15, -0.1) is 5.10 Å². The van der Waals surface area contributed by atoms with Crippen molar-refractivity contribution in [2.75, 3.05) is 13.1 Å². The molecule has 6 heteroatoms. The van der Waals surface area contributed by atoms with Gasteiger partial charge in [-0.05, 0) is 13.8 Å². The van der Waals surface area contributed by atoms with Gasteiger partial charge in [0.15, 0.2) is 5.69 Å². The molecular formula is C10H17N5O. The summed E-state index contributed by atoms with van der Waals surface area (Å²) in [5.41, 5.74) is 6.84. The summed E-state index contributed by atoms with van der Waals surface area (Å²) >= 11 is 0. The Morgan fingerprint density at radius 3 is 3.00 bits per heavy atom. The smallest absolute Gasteiger partial charge is 0.273 e. The summed E-state index contributed by atoms with van der Waals surface area (Å²) in [4.78, 5) is 11.6. The standard InChI is InChI=1S/C10H17N5O/c1-8(2)3-5-12-10(16)9-7-15(6-4-11)14-13-9/h3,7H,4-6,11H2,1-2H3,(H,12,16). The third kappa shape index (κ3) is 3.82. The topological polar surface area (TPSA) is 85.8 Å². The molecule has 1 aromatic heterocycles. The summed E-state index contributed by atoms with van der Waals surface area (Å²) in [6.45, 7) is 5.49. The third-order valence-corrected chi connectivity index (χ3v) is 1.90. The second kappa shape index (κ2) is 6.02. The molecule has 1 amide bonds. The average molecular weight is 223 g/mol. The molecule has 88 valence electrons. The molecule has 6 nitrogen and oxygen atoms in total. The first-order valence-corrected chi connectivity index (χ1v) is 5.15. The van der Waals surface area contributed by atoms with E-state index < -0.39 is 0 Å². The molecule has 16 heavy (non-hydrogen) atoms. The molecule has 1 aromatic rings. The SMILES string of the molecule is CC(C)=CCNC(=O)c1cn(CCN)nn1. The number of nitrogens with one attached hydrogen (secondary N) is 1. The number of rotatable bonds is 5. The highest BCUT2D eigenvalue weighted by molar-refractivity contribution is 5.91. The zero-order valence-corrected chi connectivity index (χ0v) is 9.60. The van der Waals surface area contributed by atoms with Crippen molar-refractivity contribution in [1.29, 1.82) is 0 Å². The first-order valence-electron chi connectivity index (χ1n) is 5.15. The summed E-state index contributed by atoms with van der Waals surface area (Å²) < 4.78 is 1.55. The predicted molar refractivity (Wildman–Crippen MR) is 60.8 cm³/mol. The van der Waals surface area contributed by atoms with Gasteiger partial charge in [-0.2, -0.15) is 0 Å². The Morgan fingerprint density at radius 2 is 2.38 bits per heavy atom. The van der Waals surface area contributed by atoms with E-state index in [1.807, 2.05) is 19.9 Å². The van der Waals surface area contributed by atoms with E-state index in [4.69, 9.17) is 5.73 Å². The first-order chi connectivity index (χ1) is 7.63. The lowest BCUT2D eigenvalue weighted by molar-refractivity contribution is 0.0953. The number of hydrogen-bond acceptors (Lipinski definition) is 4. The van der Waals surface area contributed by atoms with Gasteiger partial charge >= 0.3 is 0 Å². The molecule has 1 rings (SSSR count). The van der Waals surface area contributed by atoms with E-state index in [0.29, 0.717) is 25.3 Å². The molecule has 0 aliphatic rings. The quantitative estimate of drug-likeness (QED) is 0.684. The van der Waals surface area contributed by atoms with Crippen molar-refractivity contribution in [3.63, 3.8) is 0 Å². The molecule has 0 radical (unpaired) electrons. The number of allylic oxidation sites excluding steroid dienone is 1. The maximum atomic E-state index is 11.6. The number of hydrogen-bond donors (Lipinski definition) is 2. The Balaban J connectivity index is 2.49. The minimum atomic E-state index is -0.222. The molecule has 0 atom stereocenters. The van der Waals surface area contributed by atoms with Gasteiger partial charge in [0.2, 0.25) is 0 Å². The molecule has 0 bridgehead atoms. The van der Waals surface area contributed by atoms with Gasteiger partial charge in [0.05, 0.1) is 12.7 Å². The number of carbonyl (C=O) groups excluding carboxylic acids is 1. The van der Waals surface area contributed by atoms with E-state index in [9.17, 15) is 4.79 Å². The molecule has 0 fully saturated rings. The Labute approximate surface area is 94.5 Å². The van der Waals surface area contributed by atoms with Crippen LogP contribution >= 0.6 is 0 Å². The van der Waals surface area contributed by atoms with Crippen LogP contribution in [-0.2, 0) is 6.54 Å². The van der Waals surface area contributed by atoms with Gasteiger partial charge in [0, 0.05) is 13.1 Å². The normalized spacial score (nSPS) is 9.94. The molecule has 0 aliphatic carbocycles. The highest BCUT2D eigenvalue weighted by atomic mass is 16.1. The van der Waals surface area contributed by atoms with E-state index >= 15 is 0 Å². The fourth-order valence-electron chi connectivity index (χ4n) is 1.08. The fourth-order valence-corrected chi connectivity index (χ4v) is 1.08. The second-order valence-corrected chi connectivity index (χ2v) is 3.65. The Bertz CT molecular complexity index is 378. The van der Waals surface area contributed by atoms with Gasteiger partial charge < -0.3 is 11.1 Å². The van der Waals surface area contributed by atoms with E-state index in [1.54, 1.807) is 10.9 Å². The summed E-state index contributed by atoms with van der Waals surface area (Å²) in [5.74, 6) is -0.222. The Hall–Kier alpha value is -1.69. The van der Waals surface area contributed by atoms with E-state index in [2.05, 4.69) is 15.6 Å². The van der Waals surface area contributed by atoms with Crippen LogP contribution in [0.4, 0.5) is 0 Å². The van der Waals surface area contributed by atoms with E-state index in [0.717, 1.165) is 5.57 Å². The zero-order chi connectivity index (χ0) is 12.0. The van der Waals surface area contributed by atoms with Crippen LogP contribution in [0.3, 0.4) is 0 Å².